The van der Waals surface area contributed by atoms with Crippen molar-refractivity contribution in [1.29, 1.82) is 0 Å². The molecule has 78 valence electrons. The van der Waals surface area contributed by atoms with E-state index in [9.17, 15) is 5.11 Å². The van der Waals surface area contributed by atoms with Gasteiger partial charge in [0.05, 0.1) is 16.6 Å². The molecule has 0 fully saturated rings. The third kappa shape index (κ3) is 2.42. The number of anilines is 1. The number of aliphatic hydroxyl groups excluding tert-OH is 1. The minimum absolute atomic E-state index is 0.0585. The van der Waals surface area contributed by atoms with Gasteiger partial charge in [-0.1, -0.05) is 0 Å². The highest BCUT2D eigenvalue weighted by atomic mass is 79.9. The molecule has 0 unspecified atom stereocenters. The molecule has 0 spiro atoms. The van der Waals surface area contributed by atoms with Crippen molar-refractivity contribution in [2.75, 3.05) is 18.6 Å². The number of aliphatic hydroxyl groups is 1. The van der Waals surface area contributed by atoms with Crippen molar-refractivity contribution in [1.82, 2.24) is 9.97 Å². The van der Waals surface area contributed by atoms with Crippen molar-refractivity contribution in [3.05, 3.63) is 16.9 Å². The van der Waals surface area contributed by atoms with Crippen LogP contribution < -0.4 is 4.90 Å². The van der Waals surface area contributed by atoms with Gasteiger partial charge in [-0.15, -0.1) is 0 Å². The number of rotatable bonds is 3. The molecular weight excluding hydrogens is 246 g/mol. The molecule has 1 rings (SSSR count). The minimum atomic E-state index is -0.353. The maximum atomic E-state index is 9.17. The molecule has 0 saturated heterocycles. The fourth-order valence-corrected chi connectivity index (χ4v) is 1.06. The normalized spacial score (nSPS) is 11.5. The Balaban J connectivity index is 2.89. The van der Waals surface area contributed by atoms with Gasteiger partial charge in [-0.3, -0.25) is 0 Å². The molecule has 5 heteroatoms. The molecule has 1 N–H and O–H groups in total. The summed E-state index contributed by atoms with van der Waals surface area (Å²) in [6, 6.07) is 0. The Bertz CT molecular complexity index is 299. The van der Waals surface area contributed by atoms with Crippen molar-refractivity contribution in [2.45, 2.75) is 19.4 Å². The van der Waals surface area contributed by atoms with Crippen LogP contribution in [0.5, 0.6) is 0 Å². The van der Waals surface area contributed by atoms with E-state index < -0.39 is 0 Å². The van der Waals surface area contributed by atoms with Crippen LogP contribution in [0.4, 0.5) is 5.95 Å². The summed E-state index contributed by atoms with van der Waals surface area (Å²) in [5.41, 5.74) is -0.353. The van der Waals surface area contributed by atoms with Gasteiger partial charge >= 0.3 is 0 Å². The van der Waals surface area contributed by atoms with Crippen LogP contribution in [-0.4, -0.2) is 34.3 Å². The van der Waals surface area contributed by atoms with Gasteiger partial charge in [-0.05, 0) is 29.8 Å². The van der Waals surface area contributed by atoms with E-state index >= 15 is 0 Å². The molecule has 14 heavy (non-hydrogen) atoms. The first-order valence-corrected chi connectivity index (χ1v) is 5.09. The summed E-state index contributed by atoms with van der Waals surface area (Å²) in [5.74, 6) is 0.604. The number of halogens is 1. The number of nitrogens with zero attached hydrogens (tertiary/aromatic N) is 3. The van der Waals surface area contributed by atoms with E-state index in [1.807, 2.05) is 25.8 Å². The van der Waals surface area contributed by atoms with E-state index in [0.717, 1.165) is 4.47 Å². The lowest BCUT2D eigenvalue weighted by Gasteiger charge is -2.33. The van der Waals surface area contributed by atoms with Crippen LogP contribution in [0.3, 0.4) is 0 Å². The Morgan fingerprint density at radius 3 is 2.36 bits per heavy atom. The molecule has 1 heterocycles. The van der Waals surface area contributed by atoms with Crippen molar-refractivity contribution in [2.24, 2.45) is 0 Å². The summed E-state index contributed by atoms with van der Waals surface area (Å²) in [4.78, 5) is 10.1. The highest BCUT2D eigenvalue weighted by molar-refractivity contribution is 9.10. The van der Waals surface area contributed by atoms with Gasteiger partial charge < -0.3 is 10.0 Å². The summed E-state index contributed by atoms with van der Waals surface area (Å²) in [7, 11) is 1.86. The number of hydrogen-bond acceptors (Lipinski definition) is 4. The SMILES string of the molecule is CN(c1ncc(Br)cn1)C(C)(C)CO. The molecule has 0 radical (unpaired) electrons. The van der Waals surface area contributed by atoms with Gasteiger partial charge in [0, 0.05) is 19.4 Å². The minimum Gasteiger partial charge on any atom is -0.394 e. The summed E-state index contributed by atoms with van der Waals surface area (Å²) in [6.07, 6.45) is 3.37. The van der Waals surface area contributed by atoms with E-state index in [2.05, 4.69) is 25.9 Å². The van der Waals surface area contributed by atoms with E-state index in [-0.39, 0.29) is 12.1 Å². The third-order valence-electron chi connectivity index (χ3n) is 2.20. The monoisotopic (exact) mass is 259 g/mol. The van der Waals surface area contributed by atoms with Gasteiger partial charge in [0.1, 0.15) is 0 Å². The second-order valence-corrected chi connectivity index (χ2v) is 4.65. The van der Waals surface area contributed by atoms with E-state index in [1.165, 1.54) is 0 Å². The predicted molar refractivity (Wildman–Crippen MR) is 59.3 cm³/mol. The van der Waals surface area contributed by atoms with Crippen LogP contribution in [0, 0.1) is 0 Å². The first kappa shape index (κ1) is 11.4. The van der Waals surface area contributed by atoms with Crippen LogP contribution in [0.25, 0.3) is 0 Å². The maximum Gasteiger partial charge on any atom is 0.225 e. The molecule has 1 aromatic rings. The smallest absolute Gasteiger partial charge is 0.225 e. The lowest BCUT2D eigenvalue weighted by molar-refractivity contribution is 0.215. The zero-order valence-electron chi connectivity index (χ0n) is 8.53. The molecule has 0 aromatic carbocycles. The Hall–Kier alpha value is -0.680. The Labute approximate surface area is 92.1 Å². The van der Waals surface area contributed by atoms with Crippen LogP contribution in [-0.2, 0) is 0 Å². The summed E-state index contributed by atoms with van der Waals surface area (Å²) >= 11 is 3.27. The topological polar surface area (TPSA) is 49.2 Å². The van der Waals surface area contributed by atoms with Crippen molar-refractivity contribution >= 4 is 21.9 Å². The predicted octanol–water partition coefficient (Wildman–Crippen LogP) is 1.45. The van der Waals surface area contributed by atoms with Gasteiger partial charge in [0.25, 0.3) is 0 Å². The highest BCUT2D eigenvalue weighted by Crippen LogP contribution is 2.18. The largest absolute Gasteiger partial charge is 0.394 e. The molecular formula is C9H14BrN3O. The fourth-order valence-electron chi connectivity index (χ4n) is 0.855. The van der Waals surface area contributed by atoms with Gasteiger partial charge in [0.15, 0.2) is 0 Å². The van der Waals surface area contributed by atoms with Crippen LogP contribution in [0.15, 0.2) is 16.9 Å². The molecule has 1 aromatic heterocycles. The van der Waals surface area contributed by atoms with Crippen molar-refractivity contribution in [3.63, 3.8) is 0 Å². The summed E-state index contributed by atoms with van der Waals surface area (Å²) in [6.45, 7) is 3.92. The maximum absolute atomic E-state index is 9.17. The van der Waals surface area contributed by atoms with Gasteiger partial charge in [-0.2, -0.15) is 0 Å². The molecule has 0 aliphatic carbocycles. The molecule has 0 bridgehead atoms. The van der Waals surface area contributed by atoms with Crippen LogP contribution >= 0.6 is 15.9 Å². The Morgan fingerprint density at radius 2 is 1.93 bits per heavy atom. The second kappa shape index (κ2) is 4.23. The Kier molecular flexibility index (Phi) is 3.44. The lowest BCUT2D eigenvalue weighted by atomic mass is 10.1. The third-order valence-corrected chi connectivity index (χ3v) is 2.61. The number of likely N-dealkylation sites (N-methyl/N-ethyl adjacent to an activating group) is 1. The fraction of sp³-hybridized carbons (Fsp3) is 0.556. The quantitative estimate of drug-likeness (QED) is 0.893. The van der Waals surface area contributed by atoms with Crippen molar-refractivity contribution in [3.8, 4) is 0 Å². The standard InChI is InChI=1S/C9H14BrN3O/c1-9(2,6-14)13(3)8-11-4-7(10)5-12-8/h4-5,14H,6H2,1-3H3. The average molecular weight is 260 g/mol. The molecule has 0 amide bonds. The lowest BCUT2D eigenvalue weighted by Crippen LogP contribution is -2.45. The highest BCUT2D eigenvalue weighted by Gasteiger charge is 2.24. The van der Waals surface area contributed by atoms with E-state index in [0.29, 0.717) is 5.95 Å². The Morgan fingerprint density at radius 1 is 1.43 bits per heavy atom. The van der Waals surface area contributed by atoms with Gasteiger partial charge in [-0.25, -0.2) is 9.97 Å². The second-order valence-electron chi connectivity index (χ2n) is 3.73. The van der Waals surface area contributed by atoms with E-state index in [1.54, 1.807) is 12.4 Å². The van der Waals surface area contributed by atoms with Crippen LogP contribution in [0.1, 0.15) is 13.8 Å². The molecule has 0 aliphatic heterocycles. The number of hydrogen-bond donors (Lipinski definition) is 1. The molecule has 0 saturated carbocycles. The summed E-state index contributed by atoms with van der Waals surface area (Å²) < 4.78 is 0.844. The average Bonchev–Trinajstić information content (AvgIpc) is 2.18. The van der Waals surface area contributed by atoms with E-state index in [4.69, 9.17) is 0 Å². The van der Waals surface area contributed by atoms with Crippen molar-refractivity contribution < 1.29 is 5.11 Å². The van der Waals surface area contributed by atoms with Crippen LogP contribution in [0.2, 0.25) is 0 Å². The van der Waals surface area contributed by atoms with Gasteiger partial charge in [0.2, 0.25) is 5.95 Å². The summed E-state index contributed by atoms with van der Waals surface area (Å²) in [5, 5.41) is 9.17. The number of aromatic nitrogens is 2. The first-order valence-electron chi connectivity index (χ1n) is 4.29. The molecule has 0 atom stereocenters. The molecule has 0 aliphatic rings. The first-order chi connectivity index (χ1) is 6.47. The zero-order valence-corrected chi connectivity index (χ0v) is 10.1. The zero-order chi connectivity index (χ0) is 10.8. The molecule has 4 nitrogen and oxygen atoms in total.